The van der Waals surface area contributed by atoms with Crippen LogP contribution in [0.2, 0.25) is 0 Å². The molecule has 0 saturated carbocycles. The summed E-state index contributed by atoms with van der Waals surface area (Å²) in [7, 11) is 0. The molecule has 25 heavy (non-hydrogen) atoms. The Morgan fingerprint density at radius 3 is 2.64 bits per heavy atom. The maximum Gasteiger partial charge on any atom is 0.194 e. The minimum absolute atomic E-state index is 0.881. The van der Waals surface area contributed by atoms with Crippen LogP contribution in [0.1, 0.15) is 29.8 Å². The van der Waals surface area contributed by atoms with Crippen LogP contribution in [0.15, 0.2) is 17.6 Å². The largest absolute Gasteiger partial charge is 0.354 e. The van der Waals surface area contributed by atoms with Crippen LogP contribution in [0.25, 0.3) is 4.96 Å². The third-order valence-electron chi connectivity index (χ3n) is 4.83. The SMILES string of the molecule is CCc1nc(C)cc(N2CCN(Cc3c(C)nc4sccn34)CC2)n1. The van der Waals surface area contributed by atoms with Crippen molar-refractivity contribution in [1.82, 2.24) is 24.3 Å². The molecule has 1 aliphatic rings. The number of hydrogen-bond acceptors (Lipinski definition) is 6. The second kappa shape index (κ2) is 6.72. The number of imidazole rings is 1. The first kappa shape index (κ1) is 16.5. The molecular weight excluding hydrogens is 332 g/mol. The number of aryl methyl sites for hydroxylation is 3. The normalized spacial score (nSPS) is 16.0. The Hall–Kier alpha value is -1.99. The fourth-order valence-electron chi connectivity index (χ4n) is 3.41. The summed E-state index contributed by atoms with van der Waals surface area (Å²) in [6, 6.07) is 2.10. The van der Waals surface area contributed by atoms with Gasteiger partial charge >= 0.3 is 0 Å². The fraction of sp³-hybridized carbons (Fsp3) is 0.500. The van der Waals surface area contributed by atoms with Crippen LogP contribution in [-0.4, -0.2) is 50.4 Å². The first-order valence-electron chi connectivity index (χ1n) is 8.87. The molecule has 0 N–H and O–H groups in total. The highest BCUT2D eigenvalue weighted by molar-refractivity contribution is 7.15. The topological polar surface area (TPSA) is 49.6 Å². The zero-order valence-corrected chi connectivity index (χ0v) is 15.9. The summed E-state index contributed by atoms with van der Waals surface area (Å²) in [4.78, 5) is 19.8. The number of anilines is 1. The molecule has 132 valence electrons. The van der Waals surface area contributed by atoms with Gasteiger partial charge in [0.25, 0.3) is 0 Å². The molecule has 4 heterocycles. The lowest BCUT2D eigenvalue weighted by atomic mass is 10.2. The summed E-state index contributed by atoms with van der Waals surface area (Å²) in [6.07, 6.45) is 3.01. The molecule has 0 aromatic carbocycles. The molecule has 1 fully saturated rings. The molecule has 7 heteroatoms. The molecule has 3 aromatic heterocycles. The first-order chi connectivity index (χ1) is 12.1. The van der Waals surface area contributed by atoms with E-state index in [1.54, 1.807) is 11.3 Å². The molecule has 0 spiro atoms. The average Bonchev–Trinajstić information content (AvgIpc) is 3.17. The Bertz CT molecular complexity index is 875. The van der Waals surface area contributed by atoms with E-state index in [1.807, 2.05) is 0 Å². The molecule has 4 rings (SSSR count). The van der Waals surface area contributed by atoms with Crippen molar-refractivity contribution in [1.29, 1.82) is 0 Å². The Kier molecular flexibility index (Phi) is 4.43. The van der Waals surface area contributed by atoms with Crippen molar-refractivity contribution in [3.05, 3.63) is 40.5 Å². The summed E-state index contributed by atoms with van der Waals surface area (Å²) < 4.78 is 2.23. The van der Waals surface area contributed by atoms with E-state index >= 15 is 0 Å². The molecule has 0 radical (unpaired) electrons. The Morgan fingerprint density at radius 1 is 1.08 bits per heavy atom. The zero-order chi connectivity index (χ0) is 17.4. The Morgan fingerprint density at radius 2 is 1.88 bits per heavy atom. The number of rotatable bonds is 4. The van der Waals surface area contributed by atoms with Crippen LogP contribution in [0.3, 0.4) is 0 Å². The van der Waals surface area contributed by atoms with E-state index in [9.17, 15) is 0 Å². The standard InChI is InChI=1S/C18H24N6S/c1-4-16-19-13(2)11-17(21-16)23-7-5-22(6-8-23)12-15-14(3)20-18-24(15)9-10-25-18/h9-11H,4-8,12H2,1-3H3. The van der Waals surface area contributed by atoms with Crippen LogP contribution in [0.4, 0.5) is 5.82 Å². The number of thiazole rings is 1. The average molecular weight is 356 g/mol. The quantitative estimate of drug-likeness (QED) is 0.719. The number of fused-ring (bicyclic) bond motifs is 1. The second-order valence-electron chi connectivity index (χ2n) is 6.60. The van der Waals surface area contributed by atoms with Gasteiger partial charge in [-0.2, -0.15) is 0 Å². The van der Waals surface area contributed by atoms with Crippen molar-refractivity contribution in [3.8, 4) is 0 Å². The van der Waals surface area contributed by atoms with E-state index in [0.717, 1.165) is 67.1 Å². The number of aromatic nitrogens is 4. The van der Waals surface area contributed by atoms with Crippen molar-refractivity contribution in [2.45, 2.75) is 33.7 Å². The van der Waals surface area contributed by atoms with Gasteiger partial charge in [-0.25, -0.2) is 15.0 Å². The van der Waals surface area contributed by atoms with E-state index in [2.05, 4.69) is 62.6 Å². The number of hydrogen-bond donors (Lipinski definition) is 0. The molecule has 0 aliphatic carbocycles. The Labute approximate surface area is 152 Å². The highest BCUT2D eigenvalue weighted by Crippen LogP contribution is 2.20. The summed E-state index contributed by atoms with van der Waals surface area (Å²) in [6.45, 7) is 11.3. The van der Waals surface area contributed by atoms with E-state index < -0.39 is 0 Å². The van der Waals surface area contributed by atoms with Crippen molar-refractivity contribution in [2.75, 3.05) is 31.1 Å². The predicted molar refractivity (Wildman–Crippen MR) is 101 cm³/mol. The lowest BCUT2D eigenvalue weighted by Gasteiger charge is -2.35. The number of piperazine rings is 1. The van der Waals surface area contributed by atoms with Crippen molar-refractivity contribution in [3.63, 3.8) is 0 Å². The van der Waals surface area contributed by atoms with E-state index in [1.165, 1.54) is 5.69 Å². The summed E-state index contributed by atoms with van der Waals surface area (Å²) >= 11 is 1.70. The lowest BCUT2D eigenvalue weighted by molar-refractivity contribution is 0.245. The zero-order valence-electron chi connectivity index (χ0n) is 15.1. The second-order valence-corrected chi connectivity index (χ2v) is 7.47. The predicted octanol–water partition coefficient (Wildman–Crippen LogP) is 2.69. The molecule has 3 aromatic rings. The van der Waals surface area contributed by atoms with Crippen LogP contribution >= 0.6 is 11.3 Å². The van der Waals surface area contributed by atoms with Gasteiger partial charge in [0.15, 0.2) is 4.96 Å². The van der Waals surface area contributed by atoms with Gasteiger partial charge in [0.1, 0.15) is 11.6 Å². The van der Waals surface area contributed by atoms with Gasteiger partial charge in [0.05, 0.1) is 11.4 Å². The van der Waals surface area contributed by atoms with Crippen LogP contribution in [0, 0.1) is 13.8 Å². The van der Waals surface area contributed by atoms with Crippen molar-refractivity contribution in [2.24, 2.45) is 0 Å². The number of nitrogens with zero attached hydrogens (tertiary/aromatic N) is 6. The van der Waals surface area contributed by atoms with E-state index in [-0.39, 0.29) is 0 Å². The molecule has 0 unspecified atom stereocenters. The summed E-state index contributed by atoms with van der Waals surface area (Å²) in [5, 5.41) is 2.10. The van der Waals surface area contributed by atoms with Gasteiger partial charge < -0.3 is 4.90 Å². The van der Waals surface area contributed by atoms with Crippen LogP contribution in [0.5, 0.6) is 0 Å². The smallest absolute Gasteiger partial charge is 0.194 e. The fourth-order valence-corrected chi connectivity index (χ4v) is 4.19. The van der Waals surface area contributed by atoms with Gasteiger partial charge in [-0.1, -0.05) is 6.92 Å². The molecule has 0 atom stereocenters. The summed E-state index contributed by atoms with van der Waals surface area (Å²) in [5.41, 5.74) is 3.52. The lowest BCUT2D eigenvalue weighted by Crippen LogP contribution is -2.46. The Balaban J connectivity index is 1.44. The van der Waals surface area contributed by atoms with Gasteiger partial charge in [0.2, 0.25) is 0 Å². The van der Waals surface area contributed by atoms with E-state index in [4.69, 9.17) is 4.98 Å². The molecule has 6 nitrogen and oxygen atoms in total. The molecule has 1 saturated heterocycles. The molecule has 0 amide bonds. The molecule has 1 aliphatic heterocycles. The third-order valence-corrected chi connectivity index (χ3v) is 5.59. The third kappa shape index (κ3) is 3.26. The minimum atomic E-state index is 0.881. The van der Waals surface area contributed by atoms with Crippen LogP contribution in [-0.2, 0) is 13.0 Å². The first-order valence-corrected chi connectivity index (χ1v) is 9.75. The van der Waals surface area contributed by atoms with Gasteiger partial charge in [-0.15, -0.1) is 11.3 Å². The van der Waals surface area contributed by atoms with Gasteiger partial charge in [-0.05, 0) is 13.8 Å². The maximum atomic E-state index is 4.71. The molecule has 0 bridgehead atoms. The van der Waals surface area contributed by atoms with E-state index in [0.29, 0.717) is 0 Å². The molecular formula is C18H24N6S. The summed E-state index contributed by atoms with van der Waals surface area (Å²) in [5.74, 6) is 2.01. The van der Waals surface area contributed by atoms with Crippen molar-refractivity contribution < 1.29 is 0 Å². The highest BCUT2D eigenvalue weighted by atomic mass is 32.1. The van der Waals surface area contributed by atoms with Gasteiger partial charge in [0, 0.05) is 62.5 Å². The highest BCUT2D eigenvalue weighted by Gasteiger charge is 2.21. The van der Waals surface area contributed by atoms with Gasteiger partial charge in [-0.3, -0.25) is 9.30 Å². The van der Waals surface area contributed by atoms with Crippen LogP contribution < -0.4 is 4.90 Å². The monoisotopic (exact) mass is 356 g/mol. The minimum Gasteiger partial charge on any atom is -0.354 e. The maximum absolute atomic E-state index is 4.71. The van der Waals surface area contributed by atoms with Crippen molar-refractivity contribution >= 4 is 22.1 Å².